The summed E-state index contributed by atoms with van der Waals surface area (Å²) in [5.74, 6) is -0.296. The zero-order chi connectivity index (χ0) is 18.1. The topological polar surface area (TPSA) is 86.0 Å². The molecule has 0 bridgehead atoms. The Hall–Kier alpha value is -2.87. The predicted molar refractivity (Wildman–Crippen MR) is 98.4 cm³/mol. The summed E-state index contributed by atoms with van der Waals surface area (Å²) in [4.78, 5) is 41.7. The Labute approximate surface area is 147 Å². The van der Waals surface area contributed by atoms with Crippen LogP contribution in [0.15, 0.2) is 51.0 Å². The van der Waals surface area contributed by atoms with Crippen LogP contribution < -0.4 is 16.6 Å². The number of carbonyl (C=O) groups excluding carboxylic acids is 1. The molecule has 3 aromatic rings. The van der Waals surface area contributed by atoms with Crippen LogP contribution in [-0.4, -0.2) is 26.3 Å². The molecule has 7 nitrogen and oxygen atoms in total. The highest BCUT2D eigenvalue weighted by atomic mass is 32.2. The average Bonchev–Trinajstić information content (AvgIpc) is 2.64. The van der Waals surface area contributed by atoms with E-state index in [-0.39, 0.29) is 16.9 Å². The zero-order valence-corrected chi connectivity index (χ0v) is 14.8. The monoisotopic (exact) mass is 356 g/mol. The molecule has 3 rings (SSSR count). The minimum atomic E-state index is -0.453. The van der Waals surface area contributed by atoms with E-state index in [0.717, 1.165) is 9.46 Å². The molecule has 25 heavy (non-hydrogen) atoms. The fraction of sp³-hybridized carbons (Fsp3) is 0.176. The van der Waals surface area contributed by atoms with Gasteiger partial charge in [-0.3, -0.25) is 18.7 Å². The molecule has 1 N–H and O–H groups in total. The van der Waals surface area contributed by atoms with Gasteiger partial charge in [0.1, 0.15) is 5.65 Å². The van der Waals surface area contributed by atoms with Gasteiger partial charge in [-0.25, -0.2) is 9.78 Å². The van der Waals surface area contributed by atoms with Crippen molar-refractivity contribution in [3.63, 3.8) is 0 Å². The summed E-state index contributed by atoms with van der Waals surface area (Å²) in [6.45, 7) is 0. The van der Waals surface area contributed by atoms with E-state index >= 15 is 0 Å². The summed E-state index contributed by atoms with van der Waals surface area (Å²) in [5.41, 5.74) is 0.269. The molecule has 0 unspecified atom stereocenters. The van der Waals surface area contributed by atoms with Crippen LogP contribution in [0.4, 0.5) is 5.69 Å². The zero-order valence-electron chi connectivity index (χ0n) is 13.9. The maximum absolute atomic E-state index is 12.3. The van der Waals surface area contributed by atoms with Crippen LogP contribution in [0.2, 0.25) is 0 Å². The summed E-state index contributed by atoms with van der Waals surface area (Å²) in [7, 11) is 2.95. The first-order valence-corrected chi connectivity index (χ1v) is 8.66. The Morgan fingerprint density at radius 1 is 1.12 bits per heavy atom. The summed E-state index contributed by atoms with van der Waals surface area (Å²) in [5, 5.41) is 2.99. The summed E-state index contributed by atoms with van der Waals surface area (Å²) < 4.78 is 2.31. The first-order chi connectivity index (χ1) is 11.9. The van der Waals surface area contributed by atoms with Gasteiger partial charge >= 0.3 is 5.69 Å². The lowest BCUT2D eigenvalue weighted by atomic mass is 10.2. The Morgan fingerprint density at radius 2 is 1.80 bits per heavy atom. The number of anilines is 1. The van der Waals surface area contributed by atoms with E-state index in [1.807, 2.05) is 18.4 Å². The molecule has 0 atom stereocenters. The molecule has 0 aliphatic heterocycles. The average molecular weight is 356 g/mol. The van der Waals surface area contributed by atoms with E-state index in [1.165, 1.54) is 23.9 Å². The van der Waals surface area contributed by atoms with Crippen molar-refractivity contribution >= 4 is 34.4 Å². The van der Waals surface area contributed by atoms with Gasteiger partial charge < -0.3 is 5.32 Å². The number of nitrogens with zero attached hydrogens (tertiary/aromatic N) is 3. The SMILES string of the molecule is CSc1ccc(C(=O)Nc2cnc3c(c2)c(=O)n(C)c(=O)n3C)cc1. The van der Waals surface area contributed by atoms with E-state index in [0.29, 0.717) is 11.3 Å². The van der Waals surface area contributed by atoms with Crippen molar-refractivity contribution in [3.8, 4) is 0 Å². The number of fused-ring (bicyclic) bond motifs is 1. The number of thioether (sulfide) groups is 1. The van der Waals surface area contributed by atoms with Gasteiger partial charge in [0.25, 0.3) is 11.5 Å². The second-order valence-electron chi connectivity index (χ2n) is 5.48. The van der Waals surface area contributed by atoms with Crippen LogP contribution in [0.25, 0.3) is 11.0 Å². The predicted octanol–water partition coefficient (Wildman–Crippen LogP) is 1.61. The van der Waals surface area contributed by atoms with Crippen molar-refractivity contribution in [3.05, 3.63) is 62.9 Å². The normalized spacial score (nSPS) is 10.8. The highest BCUT2D eigenvalue weighted by molar-refractivity contribution is 7.98. The van der Waals surface area contributed by atoms with Gasteiger partial charge in [-0.05, 0) is 36.6 Å². The quantitative estimate of drug-likeness (QED) is 0.721. The molecule has 1 aromatic carbocycles. The number of aromatic nitrogens is 3. The van der Waals surface area contributed by atoms with Crippen LogP contribution in [0.1, 0.15) is 10.4 Å². The fourth-order valence-electron chi connectivity index (χ4n) is 2.48. The van der Waals surface area contributed by atoms with Crippen LogP contribution in [0, 0.1) is 0 Å². The minimum absolute atomic E-state index is 0.264. The Morgan fingerprint density at radius 3 is 2.44 bits per heavy atom. The fourth-order valence-corrected chi connectivity index (χ4v) is 2.89. The lowest BCUT2D eigenvalue weighted by Crippen LogP contribution is -2.37. The molecule has 0 saturated heterocycles. The van der Waals surface area contributed by atoms with Crippen LogP contribution in [0.5, 0.6) is 0 Å². The van der Waals surface area contributed by atoms with Gasteiger partial charge in [-0.15, -0.1) is 11.8 Å². The van der Waals surface area contributed by atoms with E-state index in [2.05, 4.69) is 10.3 Å². The third kappa shape index (κ3) is 3.08. The van der Waals surface area contributed by atoms with Crippen LogP contribution in [0.3, 0.4) is 0 Å². The van der Waals surface area contributed by atoms with Gasteiger partial charge in [0, 0.05) is 24.6 Å². The molecule has 2 heterocycles. The number of carbonyl (C=O) groups is 1. The Balaban J connectivity index is 1.98. The lowest BCUT2D eigenvalue weighted by molar-refractivity contribution is 0.102. The van der Waals surface area contributed by atoms with E-state index < -0.39 is 11.2 Å². The molecule has 0 aliphatic carbocycles. The van der Waals surface area contributed by atoms with Gasteiger partial charge in [0.15, 0.2) is 0 Å². The number of rotatable bonds is 3. The highest BCUT2D eigenvalue weighted by Crippen LogP contribution is 2.17. The first-order valence-electron chi connectivity index (χ1n) is 7.43. The number of aryl methyl sites for hydroxylation is 1. The van der Waals surface area contributed by atoms with Crippen molar-refractivity contribution < 1.29 is 4.79 Å². The van der Waals surface area contributed by atoms with Gasteiger partial charge in [-0.1, -0.05) is 0 Å². The maximum Gasteiger partial charge on any atom is 0.332 e. The molecule has 0 radical (unpaired) electrons. The largest absolute Gasteiger partial charge is 0.332 e. The van der Waals surface area contributed by atoms with Crippen molar-refractivity contribution in [1.82, 2.24) is 14.1 Å². The molecule has 0 spiro atoms. The van der Waals surface area contributed by atoms with Crippen molar-refractivity contribution in [1.29, 1.82) is 0 Å². The number of benzene rings is 1. The van der Waals surface area contributed by atoms with Crippen molar-refractivity contribution in [2.75, 3.05) is 11.6 Å². The standard InChI is InChI=1S/C17H16N4O3S/c1-20-14-13(16(23)21(2)17(20)24)8-11(9-18-14)19-15(22)10-4-6-12(25-3)7-5-10/h4-9H,1-3H3,(H,19,22). The maximum atomic E-state index is 12.3. The van der Waals surface area contributed by atoms with Crippen molar-refractivity contribution in [2.24, 2.45) is 14.1 Å². The molecular weight excluding hydrogens is 340 g/mol. The molecular formula is C17H16N4O3S. The number of hydrogen-bond donors (Lipinski definition) is 1. The van der Waals surface area contributed by atoms with Gasteiger partial charge in [0.2, 0.25) is 0 Å². The highest BCUT2D eigenvalue weighted by Gasteiger charge is 2.12. The molecule has 128 valence electrons. The molecule has 8 heteroatoms. The number of amides is 1. The summed E-state index contributed by atoms with van der Waals surface area (Å²) in [6.07, 6.45) is 3.39. The van der Waals surface area contributed by atoms with Gasteiger partial charge in [-0.2, -0.15) is 0 Å². The smallest absolute Gasteiger partial charge is 0.321 e. The third-order valence-corrected chi connectivity index (χ3v) is 4.65. The molecule has 2 aromatic heterocycles. The molecule has 0 fully saturated rings. The van der Waals surface area contributed by atoms with E-state index in [9.17, 15) is 14.4 Å². The Kier molecular flexibility index (Phi) is 4.45. The second-order valence-corrected chi connectivity index (χ2v) is 6.36. The van der Waals surface area contributed by atoms with Gasteiger partial charge in [0.05, 0.1) is 17.3 Å². The van der Waals surface area contributed by atoms with Crippen LogP contribution in [-0.2, 0) is 14.1 Å². The van der Waals surface area contributed by atoms with E-state index in [4.69, 9.17) is 0 Å². The number of pyridine rings is 1. The van der Waals surface area contributed by atoms with Crippen LogP contribution >= 0.6 is 11.8 Å². The first kappa shape index (κ1) is 17.0. The van der Waals surface area contributed by atoms with Crippen molar-refractivity contribution in [2.45, 2.75) is 4.90 Å². The molecule has 1 amide bonds. The molecule has 0 aliphatic rings. The lowest BCUT2D eigenvalue weighted by Gasteiger charge is -2.09. The second kappa shape index (κ2) is 6.56. The molecule has 0 saturated carbocycles. The van der Waals surface area contributed by atoms with E-state index in [1.54, 1.807) is 30.9 Å². The Bertz CT molecular complexity index is 1080. The third-order valence-electron chi connectivity index (χ3n) is 3.90. The minimum Gasteiger partial charge on any atom is -0.321 e. The summed E-state index contributed by atoms with van der Waals surface area (Å²) >= 11 is 1.59. The summed E-state index contributed by atoms with van der Waals surface area (Å²) in [6, 6.07) is 8.72. The number of hydrogen-bond acceptors (Lipinski definition) is 5. The number of nitrogens with one attached hydrogen (secondary N) is 1.